The maximum absolute atomic E-state index is 13.3. The number of aryl methyl sites for hydroxylation is 1. The molecule has 0 saturated carbocycles. The van der Waals surface area contributed by atoms with Gasteiger partial charge in [-0.25, -0.2) is 0 Å². The van der Waals surface area contributed by atoms with Crippen molar-refractivity contribution >= 4 is 23.4 Å². The SMILES string of the molecule is CCC(C)Sc1ccc(NC(=O)CCc2ccco2)c(C(F)(F)F)c1. The van der Waals surface area contributed by atoms with Crippen LogP contribution in [0.4, 0.5) is 18.9 Å². The highest BCUT2D eigenvalue weighted by atomic mass is 32.2. The zero-order valence-corrected chi connectivity index (χ0v) is 14.8. The quantitative estimate of drug-likeness (QED) is 0.629. The molecule has 1 atom stereocenters. The van der Waals surface area contributed by atoms with Crippen LogP contribution in [-0.2, 0) is 17.4 Å². The number of halogens is 3. The van der Waals surface area contributed by atoms with Gasteiger partial charge in [0.05, 0.1) is 17.5 Å². The third kappa shape index (κ3) is 5.85. The Kier molecular flexibility index (Phi) is 6.58. The molecule has 0 radical (unpaired) electrons. The van der Waals surface area contributed by atoms with Crippen molar-refractivity contribution in [2.24, 2.45) is 0 Å². The lowest BCUT2D eigenvalue weighted by Gasteiger charge is -2.16. The Bertz CT molecular complexity index is 699. The average Bonchev–Trinajstić information content (AvgIpc) is 3.06. The van der Waals surface area contributed by atoms with Gasteiger partial charge in [-0.1, -0.05) is 13.8 Å². The van der Waals surface area contributed by atoms with Crippen molar-refractivity contribution < 1.29 is 22.4 Å². The smallest absolute Gasteiger partial charge is 0.418 e. The van der Waals surface area contributed by atoms with Crippen molar-refractivity contribution in [1.82, 2.24) is 0 Å². The van der Waals surface area contributed by atoms with E-state index in [-0.39, 0.29) is 17.4 Å². The van der Waals surface area contributed by atoms with E-state index in [1.165, 1.54) is 24.1 Å². The molecular formula is C18H20F3NO2S. The second kappa shape index (κ2) is 8.47. The Morgan fingerprint density at radius 2 is 2.08 bits per heavy atom. The van der Waals surface area contributed by atoms with Crippen LogP contribution in [0.25, 0.3) is 0 Å². The van der Waals surface area contributed by atoms with Gasteiger partial charge in [0.15, 0.2) is 0 Å². The van der Waals surface area contributed by atoms with Crippen LogP contribution < -0.4 is 5.32 Å². The molecule has 136 valence electrons. The molecule has 1 N–H and O–H groups in total. The monoisotopic (exact) mass is 371 g/mol. The number of hydrogen-bond donors (Lipinski definition) is 1. The topological polar surface area (TPSA) is 42.2 Å². The second-order valence-electron chi connectivity index (χ2n) is 5.67. The first-order valence-electron chi connectivity index (χ1n) is 7.99. The van der Waals surface area contributed by atoms with Gasteiger partial charge in [-0.05, 0) is 36.8 Å². The zero-order valence-electron chi connectivity index (χ0n) is 14.0. The molecule has 2 rings (SSSR count). The normalized spacial score (nSPS) is 12.8. The summed E-state index contributed by atoms with van der Waals surface area (Å²) in [6.45, 7) is 3.94. The number of furan rings is 1. The van der Waals surface area contributed by atoms with Crippen LogP contribution in [0, 0.1) is 0 Å². The lowest BCUT2D eigenvalue weighted by molar-refractivity contribution is -0.137. The van der Waals surface area contributed by atoms with E-state index in [2.05, 4.69) is 5.32 Å². The van der Waals surface area contributed by atoms with E-state index in [0.29, 0.717) is 17.1 Å². The van der Waals surface area contributed by atoms with Crippen LogP contribution in [0.2, 0.25) is 0 Å². The Hall–Kier alpha value is -1.89. The first-order valence-corrected chi connectivity index (χ1v) is 8.87. The Morgan fingerprint density at radius 3 is 2.68 bits per heavy atom. The third-order valence-electron chi connectivity index (χ3n) is 3.66. The Labute approximate surface area is 149 Å². The van der Waals surface area contributed by atoms with E-state index in [0.717, 1.165) is 12.5 Å². The maximum atomic E-state index is 13.3. The van der Waals surface area contributed by atoms with Crippen LogP contribution in [-0.4, -0.2) is 11.2 Å². The molecule has 0 aliphatic carbocycles. The molecule has 1 aromatic carbocycles. The molecule has 2 aromatic rings. The summed E-state index contributed by atoms with van der Waals surface area (Å²) in [6, 6.07) is 7.43. The van der Waals surface area contributed by atoms with Crippen molar-refractivity contribution in [2.75, 3.05) is 5.32 Å². The van der Waals surface area contributed by atoms with Crippen molar-refractivity contribution in [3.63, 3.8) is 0 Å². The number of amides is 1. The lowest BCUT2D eigenvalue weighted by atomic mass is 10.1. The predicted octanol–water partition coefficient (Wildman–Crippen LogP) is 5.76. The molecule has 25 heavy (non-hydrogen) atoms. The number of nitrogens with one attached hydrogen (secondary N) is 1. The number of hydrogen-bond acceptors (Lipinski definition) is 3. The molecule has 3 nitrogen and oxygen atoms in total. The van der Waals surface area contributed by atoms with E-state index in [1.807, 2.05) is 13.8 Å². The van der Waals surface area contributed by atoms with Crippen molar-refractivity contribution in [3.05, 3.63) is 47.9 Å². The number of carbonyl (C=O) groups excluding carboxylic acids is 1. The van der Waals surface area contributed by atoms with Crippen molar-refractivity contribution in [3.8, 4) is 0 Å². The second-order valence-corrected chi connectivity index (χ2v) is 7.18. The summed E-state index contributed by atoms with van der Waals surface area (Å²) in [4.78, 5) is 12.5. The summed E-state index contributed by atoms with van der Waals surface area (Å²) < 4.78 is 45.1. The molecule has 0 spiro atoms. The van der Waals surface area contributed by atoms with Gasteiger partial charge in [0, 0.05) is 23.0 Å². The standard InChI is InChI=1S/C18H20F3NO2S/c1-3-12(2)25-14-7-8-16(15(11-14)18(19,20)21)22-17(23)9-6-13-5-4-10-24-13/h4-5,7-8,10-12H,3,6,9H2,1-2H3,(H,22,23). The van der Waals surface area contributed by atoms with Crippen LogP contribution in [0.3, 0.4) is 0 Å². The van der Waals surface area contributed by atoms with Gasteiger partial charge >= 0.3 is 6.18 Å². The number of anilines is 1. The van der Waals surface area contributed by atoms with E-state index in [4.69, 9.17) is 4.42 Å². The molecule has 1 amide bonds. The fourth-order valence-corrected chi connectivity index (χ4v) is 3.12. The summed E-state index contributed by atoms with van der Waals surface area (Å²) >= 11 is 1.38. The molecule has 0 aliphatic heterocycles. The van der Waals surface area contributed by atoms with Crippen molar-refractivity contribution in [1.29, 1.82) is 0 Å². The minimum Gasteiger partial charge on any atom is -0.469 e. The molecule has 0 fully saturated rings. The average molecular weight is 371 g/mol. The molecule has 0 saturated heterocycles. The first kappa shape index (κ1) is 19.4. The van der Waals surface area contributed by atoms with Crippen LogP contribution in [0.5, 0.6) is 0 Å². The molecule has 1 unspecified atom stereocenters. The molecular weight excluding hydrogens is 351 g/mol. The Balaban J connectivity index is 2.11. The van der Waals surface area contributed by atoms with Crippen molar-refractivity contribution in [2.45, 2.75) is 49.4 Å². The molecule has 0 bridgehead atoms. The van der Waals surface area contributed by atoms with E-state index in [9.17, 15) is 18.0 Å². The summed E-state index contributed by atoms with van der Waals surface area (Å²) in [5.74, 6) is 0.135. The molecule has 7 heteroatoms. The minimum atomic E-state index is -4.53. The summed E-state index contributed by atoms with van der Waals surface area (Å²) in [5.41, 5.74) is -1.04. The number of benzene rings is 1. The van der Waals surface area contributed by atoms with Gasteiger partial charge in [0.25, 0.3) is 0 Å². The summed E-state index contributed by atoms with van der Waals surface area (Å²) in [5, 5.41) is 2.58. The molecule has 1 aromatic heterocycles. The van der Waals surface area contributed by atoms with Crippen LogP contribution >= 0.6 is 11.8 Å². The minimum absolute atomic E-state index is 0.0498. The van der Waals surface area contributed by atoms with Gasteiger partial charge in [-0.2, -0.15) is 13.2 Å². The molecule has 1 heterocycles. The van der Waals surface area contributed by atoms with E-state index >= 15 is 0 Å². The highest BCUT2D eigenvalue weighted by Crippen LogP contribution is 2.38. The zero-order chi connectivity index (χ0) is 18.4. The summed E-state index contributed by atoms with van der Waals surface area (Å²) in [7, 11) is 0. The van der Waals surface area contributed by atoms with E-state index < -0.39 is 17.6 Å². The largest absolute Gasteiger partial charge is 0.469 e. The predicted molar refractivity (Wildman–Crippen MR) is 92.7 cm³/mol. The van der Waals surface area contributed by atoms with Gasteiger partial charge < -0.3 is 9.73 Å². The molecule has 0 aliphatic rings. The number of alkyl halides is 3. The van der Waals surface area contributed by atoms with Gasteiger partial charge in [-0.15, -0.1) is 11.8 Å². The fraction of sp³-hybridized carbons (Fsp3) is 0.389. The summed E-state index contributed by atoms with van der Waals surface area (Å²) in [6.07, 6.45) is -1.80. The Morgan fingerprint density at radius 1 is 1.32 bits per heavy atom. The van der Waals surface area contributed by atoms with Crippen LogP contribution in [0.1, 0.15) is 38.0 Å². The van der Waals surface area contributed by atoms with Crippen LogP contribution in [0.15, 0.2) is 45.9 Å². The lowest BCUT2D eigenvalue weighted by Crippen LogP contribution is -2.17. The highest BCUT2D eigenvalue weighted by Gasteiger charge is 2.34. The number of thioether (sulfide) groups is 1. The third-order valence-corrected chi connectivity index (χ3v) is 4.92. The fourth-order valence-electron chi connectivity index (χ4n) is 2.16. The first-order chi connectivity index (χ1) is 11.8. The number of rotatable bonds is 7. The van der Waals surface area contributed by atoms with Gasteiger partial charge in [0.2, 0.25) is 5.91 Å². The van der Waals surface area contributed by atoms with Gasteiger partial charge in [-0.3, -0.25) is 4.79 Å². The number of carbonyl (C=O) groups is 1. The maximum Gasteiger partial charge on any atom is 0.418 e. The van der Waals surface area contributed by atoms with E-state index in [1.54, 1.807) is 18.2 Å². The van der Waals surface area contributed by atoms with Gasteiger partial charge in [0.1, 0.15) is 5.76 Å². The highest BCUT2D eigenvalue weighted by molar-refractivity contribution is 7.99.